The van der Waals surface area contributed by atoms with Gasteiger partial charge >= 0.3 is 6.03 Å². The van der Waals surface area contributed by atoms with E-state index < -0.39 is 12.1 Å². The molecule has 2 amide bonds. The monoisotopic (exact) mass is 543 g/mol. The molecule has 4 rings (SSSR count). The van der Waals surface area contributed by atoms with E-state index in [1.54, 1.807) is 48.7 Å². The number of fused-ring (bicyclic) bond motifs is 1. The van der Waals surface area contributed by atoms with Crippen LogP contribution in [0.15, 0.2) is 72.9 Å². The predicted molar refractivity (Wildman–Crippen MR) is 153 cm³/mol. The number of ether oxygens (including phenoxy) is 2. The summed E-state index contributed by atoms with van der Waals surface area (Å²) in [5.41, 5.74) is 1.86. The number of benzene rings is 3. The van der Waals surface area contributed by atoms with Crippen molar-refractivity contribution in [1.29, 1.82) is 0 Å². The average molecular weight is 544 g/mol. The fourth-order valence-electron chi connectivity index (χ4n) is 4.01. The molecule has 1 atom stereocenters. The zero-order valence-corrected chi connectivity index (χ0v) is 22.2. The summed E-state index contributed by atoms with van der Waals surface area (Å²) in [6.07, 6.45) is 0.910. The number of hydrogen-bond donors (Lipinski definition) is 3. The maximum atomic E-state index is 13.0. The van der Waals surface area contributed by atoms with E-state index in [4.69, 9.17) is 16.0 Å². The molecule has 0 aliphatic heterocycles. The topological polar surface area (TPSA) is 100 Å². The van der Waals surface area contributed by atoms with Gasteiger partial charge in [0.25, 0.3) is 0 Å². The molecule has 0 bridgehead atoms. The van der Waals surface area contributed by atoms with Gasteiger partial charge in [-0.1, -0.05) is 13.8 Å². The van der Waals surface area contributed by atoms with Crippen LogP contribution in [-0.2, 0) is 0 Å². The van der Waals surface area contributed by atoms with Crippen molar-refractivity contribution in [3.63, 3.8) is 0 Å². The first-order valence-corrected chi connectivity index (χ1v) is 12.8. The van der Waals surface area contributed by atoms with Crippen LogP contribution >= 0.6 is 0 Å². The van der Waals surface area contributed by atoms with E-state index in [2.05, 4.69) is 25.4 Å². The Bertz CT molecular complexity index is 1490. The van der Waals surface area contributed by atoms with E-state index in [9.17, 15) is 14.3 Å². The van der Waals surface area contributed by atoms with E-state index in [0.717, 1.165) is 13.1 Å². The molecule has 0 aliphatic rings. The van der Waals surface area contributed by atoms with Crippen LogP contribution in [-0.4, -0.2) is 53.4 Å². The standard InChI is InChI=1S/C30H30FN5O4/c1-4-36(5-2)18-23(37)19-39-29-17-26-25(16-27(29)32-3)28(14-15-33-26)40-24-12-10-22(11-13-24)35-30(38)34-21-8-6-20(31)7-9-21/h6-17,23,37H,4-5,18-19H2,1-2H3,(H2,34,35,38)/t23-/m1/s1. The molecule has 3 aromatic carbocycles. The van der Waals surface area contributed by atoms with E-state index >= 15 is 0 Å². The minimum Gasteiger partial charge on any atom is -0.502 e. The van der Waals surface area contributed by atoms with Crippen molar-refractivity contribution in [3.8, 4) is 17.2 Å². The lowest BCUT2D eigenvalue weighted by molar-refractivity contribution is 0.0720. The molecule has 0 unspecified atom stereocenters. The Morgan fingerprint density at radius 3 is 2.30 bits per heavy atom. The smallest absolute Gasteiger partial charge is 0.323 e. The van der Waals surface area contributed by atoms with E-state index in [-0.39, 0.29) is 18.1 Å². The molecule has 9 nitrogen and oxygen atoms in total. The number of amides is 2. The van der Waals surface area contributed by atoms with Crippen molar-refractivity contribution in [3.05, 3.63) is 90.2 Å². The summed E-state index contributed by atoms with van der Waals surface area (Å²) in [5, 5.41) is 16.3. The third-order valence-corrected chi connectivity index (χ3v) is 6.14. The first kappa shape index (κ1) is 28.3. The molecule has 0 aliphatic carbocycles. The van der Waals surface area contributed by atoms with Crippen LogP contribution in [0.1, 0.15) is 13.8 Å². The summed E-state index contributed by atoms with van der Waals surface area (Å²) in [6, 6.07) is 16.8. The van der Waals surface area contributed by atoms with Crippen LogP contribution in [0.5, 0.6) is 17.2 Å². The van der Waals surface area contributed by atoms with Gasteiger partial charge in [-0.2, -0.15) is 0 Å². The number of rotatable bonds is 11. The average Bonchev–Trinajstić information content (AvgIpc) is 2.96. The maximum Gasteiger partial charge on any atom is 0.323 e. The quantitative estimate of drug-likeness (QED) is 0.188. The number of likely N-dealkylation sites (N-methyl/N-ethyl adjacent to an activating group) is 1. The van der Waals surface area contributed by atoms with Crippen LogP contribution < -0.4 is 20.1 Å². The molecule has 0 radical (unpaired) electrons. The molecule has 0 saturated heterocycles. The fourth-order valence-corrected chi connectivity index (χ4v) is 4.01. The van der Waals surface area contributed by atoms with Gasteiger partial charge in [0, 0.05) is 29.5 Å². The van der Waals surface area contributed by atoms with Gasteiger partial charge in [-0.05, 0) is 79.8 Å². The molecular formula is C30H30FN5O4. The molecule has 0 saturated carbocycles. The number of aliphatic hydroxyl groups is 1. The molecule has 1 heterocycles. The normalized spacial score (nSPS) is 11.6. The third kappa shape index (κ3) is 7.44. The lowest BCUT2D eigenvalue weighted by Gasteiger charge is -2.22. The van der Waals surface area contributed by atoms with Crippen molar-refractivity contribution in [1.82, 2.24) is 9.88 Å². The molecule has 0 spiro atoms. The number of nitrogens with zero attached hydrogens (tertiary/aromatic N) is 3. The molecule has 206 valence electrons. The minimum atomic E-state index is -0.691. The second-order valence-electron chi connectivity index (χ2n) is 8.92. The largest absolute Gasteiger partial charge is 0.502 e. The van der Waals surface area contributed by atoms with Crippen molar-refractivity contribution in [2.75, 3.05) is 36.9 Å². The minimum absolute atomic E-state index is 0.0586. The van der Waals surface area contributed by atoms with Crippen LogP contribution in [0.2, 0.25) is 0 Å². The molecule has 10 heteroatoms. The Morgan fingerprint density at radius 2 is 1.68 bits per heavy atom. The van der Waals surface area contributed by atoms with Crippen LogP contribution in [0.3, 0.4) is 0 Å². The second kappa shape index (κ2) is 13.4. The number of carbonyl (C=O) groups is 1. The number of aliphatic hydroxyl groups excluding tert-OH is 1. The van der Waals surface area contributed by atoms with Gasteiger partial charge in [0.1, 0.15) is 35.8 Å². The highest BCUT2D eigenvalue weighted by atomic mass is 19.1. The highest BCUT2D eigenvalue weighted by Crippen LogP contribution is 2.37. The number of pyridine rings is 1. The predicted octanol–water partition coefficient (Wildman–Crippen LogP) is 6.44. The Labute approximate surface area is 232 Å². The number of hydrogen-bond acceptors (Lipinski definition) is 6. The zero-order chi connectivity index (χ0) is 28.5. The van der Waals surface area contributed by atoms with Gasteiger partial charge in [0.2, 0.25) is 5.69 Å². The Morgan fingerprint density at radius 1 is 1.02 bits per heavy atom. The second-order valence-corrected chi connectivity index (χ2v) is 8.92. The van der Waals surface area contributed by atoms with Gasteiger partial charge in [-0.15, -0.1) is 0 Å². The first-order chi connectivity index (χ1) is 19.4. The Balaban J connectivity index is 1.43. The summed E-state index contributed by atoms with van der Waals surface area (Å²) in [5.74, 6) is 0.975. The Kier molecular flexibility index (Phi) is 9.46. The lowest BCUT2D eigenvalue weighted by Crippen LogP contribution is -2.35. The summed E-state index contributed by atoms with van der Waals surface area (Å²) >= 11 is 0. The van der Waals surface area contributed by atoms with Gasteiger partial charge < -0.3 is 30.1 Å². The summed E-state index contributed by atoms with van der Waals surface area (Å²) in [7, 11) is 0. The van der Waals surface area contributed by atoms with E-state index in [1.165, 1.54) is 24.3 Å². The van der Waals surface area contributed by atoms with Crippen LogP contribution in [0.4, 0.5) is 26.2 Å². The molecule has 4 aromatic rings. The Hall–Kier alpha value is -4.72. The van der Waals surface area contributed by atoms with E-state index in [0.29, 0.717) is 46.1 Å². The number of halogens is 1. The number of nitrogens with one attached hydrogen (secondary N) is 2. The van der Waals surface area contributed by atoms with Gasteiger partial charge in [-0.3, -0.25) is 4.98 Å². The number of aromatic nitrogens is 1. The van der Waals surface area contributed by atoms with E-state index in [1.807, 2.05) is 13.8 Å². The maximum absolute atomic E-state index is 13.0. The molecule has 0 fully saturated rings. The number of carbonyl (C=O) groups excluding carboxylic acids is 1. The fraction of sp³-hybridized carbons (Fsp3) is 0.233. The van der Waals surface area contributed by atoms with Crippen molar-refractivity contribution < 1.29 is 23.8 Å². The SMILES string of the molecule is [C-]#[N+]c1cc2c(Oc3ccc(NC(=O)Nc4ccc(F)cc4)cc3)ccnc2cc1OC[C@H](O)CN(CC)CC. The summed E-state index contributed by atoms with van der Waals surface area (Å²) in [6.45, 7) is 13.9. The van der Waals surface area contributed by atoms with Crippen molar-refractivity contribution in [2.45, 2.75) is 20.0 Å². The van der Waals surface area contributed by atoms with Gasteiger partial charge in [-0.25, -0.2) is 14.0 Å². The van der Waals surface area contributed by atoms with Crippen LogP contribution in [0.25, 0.3) is 15.7 Å². The summed E-state index contributed by atoms with van der Waals surface area (Å²) < 4.78 is 24.9. The summed E-state index contributed by atoms with van der Waals surface area (Å²) in [4.78, 5) is 22.3. The third-order valence-electron chi connectivity index (χ3n) is 6.14. The number of urea groups is 1. The van der Waals surface area contributed by atoms with Gasteiger partial charge in [0.15, 0.2) is 0 Å². The van der Waals surface area contributed by atoms with Gasteiger partial charge in [0.05, 0.1) is 12.1 Å². The molecule has 3 N–H and O–H groups in total. The molecule has 1 aromatic heterocycles. The molecule has 40 heavy (non-hydrogen) atoms. The highest BCUT2D eigenvalue weighted by Gasteiger charge is 2.15. The first-order valence-electron chi connectivity index (χ1n) is 12.8. The van der Waals surface area contributed by atoms with Crippen LogP contribution in [0, 0.1) is 12.4 Å². The number of anilines is 2. The zero-order valence-electron chi connectivity index (χ0n) is 22.2. The molecular weight excluding hydrogens is 513 g/mol. The lowest BCUT2D eigenvalue weighted by atomic mass is 10.1. The van der Waals surface area contributed by atoms with Crippen molar-refractivity contribution in [2.24, 2.45) is 0 Å². The van der Waals surface area contributed by atoms with Crippen molar-refractivity contribution >= 4 is 34.0 Å². The highest BCUT2D eigenvalue weighted by molar-refractivity contribution is 5.99.